The number of phenolic OH excluding ortho intramolecular Hbond substituents is 2. The molecule has 106 valence electrons. The van der Waals surface area contributed by atoms with Crippen LogP contribution in [-0.4, -0.2) is 16.3 Å². The van der Waals surface area contributed by atoms with E-state index in [-0.39, 0.29) is 17.5 Å². The molecule has 0 amide bonds. The zero-order chi connectivity index (χ0) is 14.0. The molecular weight excluding hydrogens is 238 g/mol. The van der Waals surface area contributed by atoms with Crippen molar-refractivity contribution in [2.24, 2.45) is 11.8 Å². The molecule has 1 aromatic carbocycles. The Kier molecular flexibility index (Phi) is 4.35. The Labute approximate surface area is 115 Å². The molecule has 1 aromatic rings. The molecule has 0 heterocycles. The number of aromatic hydroxyl groups is 2. The van der Waals surface area contributed by atoms with E-state index in [0.29, 0.717) is 11.6 Å². The SMILES string of the molecule is CC1CC(C)CC(NC(C)c2c(O)cccc2O)C1. The van der Waals surface area contributed by atoms with E-state index in [1.54, 1.807) is 18.2 Å². The van der Waals surface area contributed by atoms with Gasteiger partial charge >= 0.3 is 0 Å². The minimum atomic E-state index is -0.0382. The van der Waals surface area contributed by atoms with E-state index in [1.807, 2.05) is 6.92 Å². The topological polar surface area (TPSA) is 52.5 Å². The van der Waals surface area contributed by atoms with Gasteiger partial charge in [0.05, 0.1) is 5.56 Å². The summed E-state index contributed by atoms with van der Waals surface area (Å²) >= 11 is 0. The minimum absolute atomic E-state index is 0.0382. The number of hydrogen-bond donors (Lipinski definition) is 3. The van der Waals surface area contributed by atoms with Crippen LogP contribution in [0.15, 0.2) is 18.2 Å². The third kappa shape index (κ3) is 3.41. The smallest absolute Gasteiger partial charge is 0.124 e. The molecule has 3 heteroatoms. The summed E-state index contributed by atoms with van der Waals surface area (Å²) in [5, 5.41) is 23.3. The van der Waals surface area contributed by atoms with Gasteiger partial charge in [-0.2, -0.15) is 0 Å². The number of rotatable bonds is 3. The van der Waals surface area contributed by atoms with Crippen molar-refractivity contribution in [3.8, 4) is 11.5 Å². The molecule has 1 saturated carbocycles. The van der Waals surface area contributed by atoms with E-state index >= 15 is 0 Å². The Hall–Kier alpha value is -1.22. The van der Waals surface area contributed by atoms with Crippen molar-refractivity contribution in [3.63, 3.8) is 0 Å². The molecule has 3 unspecified atom stereocenters. The van der Waals surface area contributed by atoms with Gasteiger partial charge in [0.15, 0.2) is 0 Å². The molecule has 1 aliphatic rings. The number of hydrogen-bond acceptors (Lipinski definition) is 3. The first-order valence-corrected chi connectivity index (χ1v) is 7.24. The molecule has 0 saturated heterocycles. The van der Waals surface area contributed by atoms with Crippen LogP contribution in [0, 0.1) is 11.8 Å². The fourth-order valence-electron chi connectivity index (χ4n) is 3.50. The van der Waals surface area contributed by atoms with E-state index in [4.69, 9.17) is 0 Å². The van der Waals surface area contributed by atoms with Gasteiger partial charge in [0.2, 0.25) is 0 Å². The summed E-state index contributed by atoms with van der Waals surface area (Å²) in [5.74, 6) is 1.81. The number of phenols is 2. The van der Waals surface area contributed by atoms with Gasteiger partial charge in [-0.3, -0.25) is 0 Å². The van der Waals surface area contributed by atoms with Crippen LogP contribution in [0.2, 0.25) is 0 Å². The zero-order valence-corrected chi connectivity index (χ0v) is 12.1. The summed E-state index contributed by atoms with van der Waals surface area (Å²) in [6, 6.07) is 5.33. The standard InChI is InChI=1S/C16H25NO2/c1-10-7-11(2)9-13(8-10)17-12(3)16-14(18)5-4-6-15(16)19/h4-6,10-13,17-19H,7-9H2,1-3H3. The summed E-state index contributed by atoms with van der Waals surface area (Å²) < 4.78 is 0. The van der Waals surface area contributed by atoms with Crippen molar-refractivity contribution in [2.75, 3.05) is 0 Å². The fourth-order valence-corrected chi connectivity index (χ4v) is 3.50. The molecule has 3 nitrogen and oxygen atoms in total. The molecule has 1 aliphatic carbocycles. The van der Waals surface area contributed by atoms with E-state index in [9.17, 15) is 10.2 Å². The van der Waals surface area contributed by atoms with Gasteiger partial charge in [-0.25, -0.2) is 0 Å². The van der Waals surface area contributed by atoms with Crippen LogP contribution < -0.4 is 5.32 Å². The maximum atomic E-state index is 9.90. The molecule has 2 rings (SSSR count). The maximum Gasteiger partial charge on any atom is 0.124 e. The van der Waals surface area contributed by atoms with Crippen molar-refractivity contribution in [2.45, 2.75) is 52.1 Å². The van der Waals surface area contributed by atoms with Gasteiger partial charge in [-0.1, -0.05) is 19.9 Å². The fraction of sp³-hybridized carbons (Fsp3) is 0.625. The van der Waals surface area contributed by atoms with Crippen LogP contribution >= 0.6 is 0 Å². The van der Waals surface area contributed by atoms with Crippen LogP contribution in [-0.2, 0) is 0 Å². The molecule has 0 spiro atoms. The van der Waals surface area contributed by atoms with E-state index in [1.165, 1.54) is 19.3 Å². The summed E-state index contributed by atoms with van der Waals surface area (Å²) in [4.78, 5) is 0. The van der Waals surface area contributed by atoms with Crippen molar-refractivity contribution < 1.29 is 10.2 Å². The molecule has 0 radical (unpaired) electrons. The van der Waals surface area contributed by atoms with Crippen LogP contribution in [0.25, 0.3) is 0 Å². The van der Waals surface area contributed by atoms with Gasteiger partial charge in [0.25, 0.3) is 0 Å². The van der Waals surface area contributed by atoms with Gasteiger partial charge in [-0.15, -0.1) is 0 Å². The second-order valence-corrected chi connectivity index (χ2v) is 6.21. The highest BCUT2D eigenvalue weighted by Gasteiger charge is 2.26. The van der Waals surface area contributed by atoms with Gasteiger partial charge in [0, 0.05) is 12.1 Å². The highest BCUT2D eigenvalue weighted by atomic mass is 16.3. The lowest BCUT2D eigenvalue weighted by atomic mass is 9.80. The Balaban J connectivity index is 2.06. The Morgan fingerprint density at radius 3 is 2.11 bits per heavy atom. The first-order valence-electron chi connectivity index (χ1n) is 7.24. The van der Waals surface area contributed by atoms with Crippen molar-refractivity contribution >= 4 is 0 Å². The molecule has 1 fully saturated rings. The van der Waals surface area contributed by atoms with E-state index < -0.39 is 0 Å². The van der Waals surface area contributed by atoms with Crippen LogP contribution in [0.5, 0.6) is 11.5 Å². The Morgan fingerprint density at radius 1 is 1.05 bits per heavy atom. The lowest BCUT2D eigenvalue weighted by Gasteiger charge is -2.34. The first-order chi connectivity index (χ1) is 8.97. The lowest BCUT2D eigenvalue weighted by Crippen LogP contribution is -2.37. The molecule has 19 heavy (non-hydrogen) atoms. The quantitative estimate of drug-likeness (QED) is 0.781. The third-order valence-corrected chi connectivity index (χ3v) is 4.16. The van der Waals surface area contributed by atoms with Crippen molar-refractivity contribution in [3.05, 3.63) is 23.8 Å². The predicted molar refractivity (Wildman–Crippen MR) is 77.3 cm³/mol. The third-order valence-electron chi connectivity index (χ3n) is 4.16. The zero-order valence-electron chi connectivity index (χ0n) is 12.1. The predicted octanol–water partition coefficient (Wildman–Crippen LogP) is 3.57. The van der Waals surface area contributed by atoms with Crippen LogP contribution in [0.1, 0.15) is 51.6 Å². The minimum Gasteiger partial charge on any atom is -0.507 e. The summed E-state index contributed by atoms with van der Waals surface area (Å²) in [6.45, 7) is 6.59. The summed E-state index contributed by atoms with van der Waals surface area (Å²) in [5.41, 5.74) is 0.605. The highest BCUT2D eigenvalue weighted by molar-refractivity contribution is 5.44. The molecule has 3 atom stereocenters. The largest absolute Gasteiger partial charge is 0.507 e. The van der Waals surface area contributed by atoms with Gasteiger partial charge < -0.3 is 15.5 Å². The lowest BCUT2D eigenvalue weighted by molar-refractivity contribution is 0.227. The Morgan fingerprint density at radius 2 is 1.58 bits per heavy atom. The second kappa shape index (κ2) is 5.83. The van der Waals surface area contributed by atoms with E-state index in [0.717, 1.165) is 11.8 Å². The first kappa shape index (κ1) is 14.2. The summed E-state index contributed by atoms with van der Waals surface area (Å²) in [7, 11) is 0. The number of benzene rings is 1. The average molecular weight is 263 g/mol. The molecule has 0 bridgehead atoms. The molecule has 0 aromatic heterocycles. The monoisotopic (exact) mass is 263 g/mol. The Bertz CT molecular complexity index is 403. The molecule has 0 aliphatic heterocycles. The molecular formula is C16H25NO2. The van der Waals surface area contributed by atoms with Crippen molar-refractivity contribution in [1.29, 1.82) is 0 Å². The van der Waals surface area contributed by atoms with Gasteiger partial charge in [-0.05, 0) is 50.2 Å². The molecule has 3 N–H and O–H groups in total. The highest BCUT2D eigenvalue weighted by Crippen LogP contribution is 2.35. The van der Waals surface area contributed by atoms with Gasteiger partial charge in [0.1, 0.15) is 11.5 Å². The normalized spacial score (nSPS) is 29.1. The van der Waals surface area contributed by atoms with Crippen molar-refractivity contribution in [1.82, 2.24) is 5.32 Å². The summed E-state index contributed by atoms with van der Waals surface area (Å²) in [6.07, 6.45) is 3.64. The van der Waals surface area contributed by atoms with Crippen LogP contribution in [0.3, 0.4) is 0 Å². The average Bonchev–Trinajstić information content (AvgIpc) is 2.26. The second-order valence-electron chi connectivity index (χ2n) is 6.21. The number of nitrogens with one attached hydrogen (secondary N) is 1. The van der Waals surface area contributed by atoms with Crippen LogP contribution in [0.4, 0.5) is 0 Å². The maximum absolute atomic E-state index is 9.90. The van der Waals surface area contributed by atoms with E-state index in [2.05, 4.69) is 19.2 Å².